The molecule has 1 amide bonds. The molecule has 152 valence electrons. The summed E-state index contributed by atoms with van der Waals surface area (Å²) in [6, 6.07) is 6.82. The quantitative estimate of drug-likeness (QED) is 0.783. The van der Waals surface area contributed by atoms with E-state index in [4.69, 9.17) is 0 Å². The van der Waals surface area contributed by atoms with Crippen LogP contribution in [0.1, 0.15) is 24.2 Å². The highest BCUT2D eigenvalue weighted by atomic mass is 32.2. The number of hydrogen-bond donors (Lipinski definition) is 1. The Morgan fingerprint density at radius 1 is 1.21 bits per heavy atom. The maximum atomic E-state index is 12.7. The van der Waals surface area contributed by atoms with Crippen molar-refractivity contribution in [2.24, 2.45) is 0 Å². The van der Waals surface area contributed by atoms with Crippen LogP contribution in [-0.2, 0) is 27.5 Å². The van der Waals surface area contributed by atoms with Gasteiger partial charge in [0, 0.05) is 30.9 Å². The van der Waals surface area contributed by atoms with Crippen LogP contribution in [0.2, 0.25) is 0 Å². The molecule has 2 heterocycles. The molecule has 0 bridgehead atoms. The van der Waals surface area contributed by atoms with E-state index in [9.17, 15) is 26.4 Å². The Balaban J connectivity index is 1.63. The van der Waals surface area contributed by atoms with E-state index in [0.29, 0.717) is 18.7 Å². The number of halogens is 3. The zero-order valence-corrected chi connectivity index (χ0v) is 15.8. The Morgan fingerprint density at radius 2 is 1.89 bits per heavy atom. The lowest BCUT2D eigenvalue weighted by Crippen LogP contribution is -2.28. The Bertz CT molecular complexity index is 969. The van der Waals surface area contributed by atoms with Gasteiger partial charge in [0.25, 0.3) is 0 Å². The Kier molecular flexibility index (Phi) is 5.48. The monoisotopic (exact) mass is 416 g/mol. The van der Waals surface area contributed by atoms with Crippen molar-refractivity contribution in [2.45, 2.75) is 37.4 Å². The molecule has 1 N–H and O–H groups in total. The molecule has 2 aromatic rings. The molecule has 3 rings (SSSR count). The first-order chi connectivity index (χ1) is 13.1. The maximum absolute atomic E-state index is 12.7. The highest BCUT2D eigenvalue weighted by Crippen LogP contribution is 2.28. The van der Waals surface area contributed by atoms with Gasteiger partial charge in [-0.1, -0.05) is 0 Å². The number of hydrogen-bond acceptors (Lipinski definition) is 4. The van der Waals surface area contributed by atoms with Gasteiger partial charge in [0.2, 0.25) is 15.9 Å². The van der Waals surface area contributed by atoms with Crippen LogP contribution >= 0.6 is 0 Å². The van der Waals surface area contributed by atoms with Gasteiger partial charge in [0.05, 0.1) is 11.4 Å². The molecule has 0 aliphatic carbocycles. The fourth-order valence-electron chi connectivity index (χ4n) is 2.97. The lowest BCUT2D eigenvalue weighted by molar-refractivity contribution is -0.141. The van der Waals surface area contributed by atoms with Crippen LogP contribution < -0.4 is 9.62 Å². The number of rotatable bonds is 6. The second-order valence-corrected chi connectivity index (χ2v) is 8.20. The zero-order chi connectivity index (χ0) is 20.5. The van der Waals surface area contributed by atoms with Gasteiger partial charge in [-0.3, -0.25) is 9.48 Å². The van der Waals surface area contributed by atoms with E-state index in [-0.39, 0.29) is 29.6 Å². The van der Waals surface area contributed by atoms with E-state index >= 15 is 0 Å². The van der Waals surface area contributed by atoms with Gasteiger partial charge in [-0.25, -0.2) is 13.1 Å². The third-order valence-electron chi connectivity index (χ3n) is 4.42. The largest absolute Gasteiger partial charge is 0.435 e. The van der Waals surface area contributed by atoms with Gasteiger partial charge < -0.3 is 4.90 Å². The molecule has 1 aliphatic heterocycles. The molecule has 1 aromatic heterocycles. The van der Waals surface area contributed by atoms with Gasteiger partial charge in [-0.05, 0) is 43.7 Å². The molecule has 28 heavy (non-hydrogen) atoms. The summed E-state index contributed by atoms with van der Waals surface area (Å²) in [6.07, 6.45) is -3.30. The SMILES string of the molecule is Cc1cc(C(F)(F)F)nn1CCNS(=O)(=O)c1ccc(N2CCCC2=O)cc1. The number of benzene rings is 1. The van der Waals surface area contributed by atoms with Crippen LogP contribution in [0.3, 0.4) is 0 Å². The van der Waals surface area contributed by atoms with Crippen LogP contribution in [0, 0.1) is 6.92 Å². The lowest BCUT2D eigenvalue weighted by atomic mass is 10.3. The van der Waals surface area contributed by atoms with Crippen molar-refractivity contribution < 1.29 is 26.4 Å². The number of alkyl halides is 3. The molecule has 1 fully saturated rings. The molecular formula is C17H19F3N4O3S. The Labute approximate surface area is 160 Å². The normalized spacial score (nSPS) is 15.4. The van der Waals surface area contributed by atoms with Crippen molar-refractivity contribution in [3.05, 3.63) is 41.7 Å². The molecule has 0 atom stereocenters. The molecule has 1 aliphatic rings. The third-order valence-corrected chi connectivity index (χ3v) is 5.90. The van der Waals surface area contributed by atoms with Gasteiger partial charge in [0.1, 0.15) is 0 Å². The summed E-state index contributed by atoms with van der Waals surface area (Å²) in [5, 5.41) is 3.46. The van der Waals surface area contributed by atoms with Crippen LogP contribution in [0.25, 0.3) is 0 Å². The molecule has 0 spiro atoms. The van der Waals surface area contributed by atoms with Crippen molar-refractivity contribution in [2.75, 3.05) is 18.0 Å². The van der Waals surface area contributed by atoms with E-state index in [1.165, 1.54) is 19.1 Å². The number of anilines is 1. The summed E-state index contributed by atoms with van der Waals surface area (Å²) in [5.74, 6) is 0.00144. The summed E-state index contributed by atoms with van der Waals surface area (Å²) in [6.45, 7) is 1.91. The van der Waals surface area contributed by atoms with E-state index in [2.05, 4.69) is 9.82 Å². The van der Waals surface area contributed by atoms with Gasteiger partial charge in [0.15, 0.2) is 5.69 Å². The minimum Gasteiger partial charge on any atom is -0.312 e. The molecule has 7 nitrogen and oxygen atoms in total. The van der Waals surface area contributed by atoms with Crippen LogP contribution in [0.15, 0.2) is 35.2 Å². The first kappa shape index (κ1) is 20.3. The minimum atomic E-state index is -4.55. The van der Waals surface area contributed by atoms with Crippen LogP contribution in [0.5, 0.6) is 0 Å². The highest BCUT2D eigenvalue weighted by Gasteiger charge is 2.34. The Hall–Kier alpha value is -2.40. The summed E-state index contributed by atoms with van der Waals surface area (Å²) in [4.78, 5) is 13.4. The average molecular weight is 416 g/mol. The average Bonchev–Trinajstić information content (AvgIpc) is 3.21. The molecular weight excluding hydrogens is 397 g/mol. The van der Waals surface area contributed by atoms with Gasteiger partial charge in [-0.15, -0.1) is 0 Å². The number of carbonyl (C=O) groups excluding carboxylic acids is 1. The van der Waals surface area contributed by atoms with E-state index in [1.807, 2.05) is 0 Å². The van der Waals surface area contributed by atoms with Crippen molar-refractivity contribution in [1.29, 1.82) is 0 Å². The number of sulfonamides is 1. The maximum Gasteiger partial charge on any atom is 0.435 e. The number of nitrogens with zero attached hydrogens (tertiary/aromatic N) is 3. The molecule has 1 aromatic carbocycles. The topological polar surface area (TPSA) is 84.3 Å². The second kappa shape index (κ2) is 7.55. The van der Waals surface area contributed by atoms with Gasteiger partial charge >= 0.3 is 6.18 Å². The van der Waals surface area contributed by atoms with Crippen molar-refractivity contribution >= 4 is 21.6 Å². The summed E-state index contributed by atoms with van der Waals surface area (Å²) >= 11 is 0. The molecule has 1 saturated heterocycles. The first-order valence-corrected chi connectivity index (χ1v) is 10.1. The number of carbonyl (C=O) groups is 1. The zero-order valence-electron chi connectivity index (χ0n) is 15.0. The standard InChI is InChI=1S/C17H19F3N4O3S/c1-12-11-15(17(18,19)20)22-24(12)10-8-21-28(26,27)14-6-4-13(5-7-14)23-9-2-3-16(23)25/h4-7,11,21H,2-3,8-10H2,1H3. The minimum absolute atomic E-state index is 0.00144. The van der Waals surface area contributed by atoms with Crippen molar-refractivity contribution in [1.82, 2.24) is 14.5 Å². The van der Waals surface area contributed by atoms with Crippen LogP contribution in [0.4, 0.5) is 18.9 Å². The predicted molar refractivity (Wildman–Crippen MR) is 95.2 cm³/mol. The van der Waals surface area contributed by atoms with Gasteiger partial charge in [-0.2, -0.15) is 18.3 Å². The number of aromatic nitrogens is 2. The van der Waals surface area contributed by atoms with Crippen molar-refractivity contribution in [3.63, 3.8) is 0 Å². The van der Waals surface area contributed by atoms with E-state index in [0.717, 1.165) is 17.2 Å². The fourth-order valence-corrected chi connectivity index (χ4v) is 3.99. The predicted octanol–water partition coefficient (Wildman–Crippen LogP) is 2.32. The molecule has 0 unspecified atom stereocenters. The highest BCUT2D eigenvalue weighted by molar-refractivity contribution is 7.89. The number of nitrogens with one attached hydrogen (secondary N) is 1. The second-order valence-electron chi connectivity index (χ2n) is 6.43. The van der Waals surface area contributed by atoms with Crippen LogP contribution in [-0.4, -0.2) is 37.2 Å². The summed E-state index contributed by atoms with van der Waals surface area (Å²) in [5.41, 5.74) is -0.0978. The fraction of sp³-hybridized carbons (Fsp3) is 0.412. The third kappa shape index (κ3) is 4.36. The Morgan fingerprint density at radius 3 is 2.43 bits per heavy atom. The number of amides is 1. The number of aryl methyl sites for hydroxylation is 1. The molecule has 0 saturated carbocycles. The van der Waals surface area contributed by atoms with E-state index < -0.39 is 21.9 Å². The first-order valence-electron chi connectivity index (χ1n) is 8.60. The summed E-state index contributed by atoms with van der Waals surface area (Å²) < 4.78 is 66.2. The molecule has 0 radical (unpaired) electrons. The summed E-state index contributed by atoms with van der Waals surface area (Å²) in [7, 11) is -3.84. The van der Waals surface area contributed by atoms with Crippen molar-refractivity contribution in [3.8, 4) is 0 Å². The van der Waals surface area contributed by atoms with E-state index in [1.54, 1.807) is 17.0 Å². The smallest absolute Gasteiger partial charge is 0.312 e. The lowest BCUT2D eigenvalue weighted by Gasteiger charge is -2.16. The molecule has 11 heteroatoms.